The molecule has 3 rings (SSSR count). The van der Waals surface area contributed by atoms with E-state index in [2.05, 4.69) is 20.3 Å². The number of fused-ring (bicyclic) bond motifs is 1. The van der Waals surface area contributed by atoms with Crippen LogP contribution in [0.4, 0.5) is 5.82 Å². The Balaban J connectivity index is 1.85. The highest BCUT2D eigenvalue weighted by Crippen LogP contribution is 2.31. The van der Waals surface area contributed by atoms with Crippen LogP contribution in [-0.2, 0) is 4.74 Å². The highest BCUT2D eigenvalue weighted by Gasteiger charge is 2.44. The molecule has 0 radical (unpaired) electrons. The van der Waals surface area contributed by atoms with Crippen molar-refractivity contribution in [1.29, 1.82) is 0 Å². The van der Waals surface area contributed by atoms with Crippen molar-refractivity contribution < 1.29 is 32.0 Å². The average molecular weight is 356 g/mol. The van der Waals surface area contributed by atoms with Crippen LogP contribution in [0.15, 0.2) is 24.3 Å². The van der Waals surface area contributed by atoms with Crippen LogP contribution in [0.5, 0.6) is 0 Å². The van der Waals surface area contributed by atoms with Crippen LogP contribution in [0.2, 0.25) is 0 Å². The van der Waals surface area contributed by atoms with Crippen molar-refractivity contribution in [3.63, 3.8) is 0 Å². The summed E-state index contributed by atoms with van der Waals surface area (Å²) < 4.78 is 43.4. The summed E-state index contributed by atoms with van der Waals surface area (Å²) in [4.78, 5) is 12.3. The van der Waals surface area contributed by atoms with Crippen LogP contribution < -0.4 is 5.32 Å². The molecule has 0 aromatic carbocycles. The zero-order chi connectivity index (χ0) is 22.3. The van der Waals surface area contributed by atoms with Crippen molar-refractivity contribution in [2.24, 2.45) is 0 Å². The minimum absolute atomic E-state index is 0.180. The van der Waals surface area contributed by atoms with E-state index in [9.17, 15) is 20.4 Å². The van der Waals surface area contributed by atoms with Gasteiger partial charge in [-0.1, -0.05) is 11.6 Å². The molecule has 5 N–H and O–H groups in total. The van der Waals surface area contributed by atoms with E-state index in [0.717, 1.165) is 6.08 Å². The first-order chi connectivity index (χ1) is 13.9. The molecule has 4 atom stereocenters. The molecule has 0 aliphatic carbocycles. The molecule has 1 aliphatic rings. The predicted molar refractivity (Wildman–Crippen MR) is 87.7 cm³/mol. The van der Waals surface area contributed by atoms with Crippen LogP contribution >= 0.6 is 0 Å². The molecule has 0 spiro atoms. The molecule has 0 saturated carbocycles. The maximum absolute atomic E-state index is 10.2. The van der Waals surface area contributed by atoms with E-state index in [-0.39, 0.29) is 23.5 Å². The molecule has 10 nitrogen and oxygen atoms in total. The second-order valence-electron chi connectivity index (χ2n) is 5.39. The van der Waals surface area contributed by atoms with Gasteiger partial charge >= 0.3 is 0 Å². The third kappa shape index (κ3) is 3.34. The molecule has 0 unspecified atom stereocenters. The Morgan fingerprint density at radius 3 is 2.92 bits per heavy atom. The molecule has 25 heavy (non-hydrogen) atoms. The highest BCUT2D eigenvalue weighted by atomic mass is 16.6. The van der Waals surface area contributed by atoms with E-state index in [0.29, 0.717) is 0 Å². The lowest BCUT2D eigenvalue weighted by Crippen LogP contribution is -2.33. The Hall–Kier alpha value is -2.11. The van der Waals surface area contributed by atoms with Gasteiger partial charge in [0, 0.05) is 10.7 Å². The highest BCUT2D eigenvalue weighted by molar-refractivity contribution is 5.82. The molecule has 1 fully saturated rings. The van der Waals surface area contributed by atoms with Gasteiger partial charge in [0.15, 0.2) is 23.2 Å². The number of nitrogens with one attached hydrogen (secondary N) is 1. The van der Waals surface area contributed by atoms with E-state index < -0.39 is 50.1 Å². The van der Waals surface area contributed by atoms with Gasteiger partial charge in [-0.05, 0) is 6.85 Å². The molecular weight excluding hydrogens is 330 g/mol. The fraction of sp³-hybridized carbons (Fsp3) is 0.533. The Bertz CT molecular complexity index is 915. The Labute approximate surface area is 150 Å². The van der Waals surface area contributed by atoms with Gasteiger partial charge in [-0.15, -0.1) is 0 Å². The smallest absolute Gasteiger partial charge is 0.167 e. The van der Waals surface area contributed by atoms with Gasteiger partial charge in [0.1, 0.15) is 24.6 Å². The molecule has 1 saturated heterocycles. The number of aliphatic hydroxyl groups is 4. The first-order valence-corrected chi connectivity index (χ1v) is 7.42. The number of rotatable bonds is 6. The topological polar surface area (TPSA) is 146 Å². The zero-order valence-corrected chi connectivity index (χ0v) is 12.9. The summed E-state index contributed by atoms with van der Waals surface area (Å²) in [6.07, 6.45) is -1.15. The first kappa shape index (κ1) is 12.3. The van der Waals surface area contributed by atoms with E-state index in [1.165, 1.54) is 17.2 Å². The summed E-state index contributed by atoms with van der Waals surface area (Å²) in [5.74, 6) is 0.185. The minimum atomic E-state index is -3.02. The molecule has 10 heteroatoms. The monoisotopic (exact) mass is 356 g/mol. The second-order valence-corrected chi connectivity index (χ2v) is 5.39. The number of hydrogen-bond acceptors (Lipinski definition) is 9. The van der Waals surface area contributed by atoms with Gasteiger partial charge in [0.05, 0.1) is 22.2 Å². The van der Waals surface area contributed by atoms with Crippen LogP contribution in [0.1, 0.15) is 19.9 Å². The zero-order valence-electron chi connectivity index (χ0n) is 17.9. The summed E-state index contributed by atoms with van der Waals surface area (Å²) in [6, 6.07) is 0. The predicted octanol–water partition coefficient (Wildman–Crippen LogP) is -1.21. The second kappa shape index (κ2) is 7.42. The van der Waals surface area contributed by atoms with Gasteiger partial charge in [-0.3, -0.25) is 4.57 Å². The van der Waals surface area contributed by atoms with Crippen LogP contribution in [0, 0.1) is 0 Å². The number of anilines is 1. The van der Waals surface area contributed by atoms with Gasteiger partial charge in [-0.2, -0.15) is 0 Å². The van der Waals surface area contributed by atoms with Crippen molar-refractivity contribution in [2.75, 3.05) is 25.0 Å². The lowest BCUT2D eigenvalue weighted by Gasteiger charge is -2.16. The lowest BCUT2D eigenvalue weighted by molar-refractivity contribution is -0.0511. The van der Waals surface area contributed by atoms with Crippen molar-refractivity contribution in [1.82, 2.24) is 19.5 Å². The third-order valence-corrected chi connectivity index (χ3v) is 3.85. The van der Waals surface area contributed by atoms with E-state index in [1.807, 2.05) is 0 Å². The van der Waals surface area contributed by atoms with Crippen molar-refractivity contribution in [3.05, 3.63) is 24.3 Å². The molecular formula is C15H21N5O5. The number of imidazole rings is 1. The number of aromatic nitrogens is 4. The summed E-state index contributed by atoms with van der Waals surface area (Å²) in [5.41, 5.74) is -0.296. The molecule has 0 bridgehead atoms. The van der Waals surface area contributed by atoms with Crippen molar-refractivity contribution in [3.8, 4) is 0 Å². The Kier molecular flexibility index (Phi) is 3.64. The SMILES string of the molecule is [2H]C([2H])([2H])/C(=C\CNc1ncnc2c1ncn2[C@@H]1O[C@H](CO)[C@@H](O)[C@H]1O)C([2H])([2H])O. The molecule has 1 aliphatic heterocycles. The summed E-state index contributed by atoms with van der Waals surface area (Å²) in [5, 5.41) is 41.6. The van der Waals surface area contributed by atoms with Gasteiger partial charge < -0.3 is 30.5 Å². The van der Waals surface area contributed by atoms with Crippen LogP contribution in [-0.4, -0.2) is 78.0 Å². The van der Waals surface area contributed by atoms with E-state index in [1.54, 1.807) is 0 Å². The van der Waals surface area contributed by atoms with E-state index >= 15 is 0 Å². The molecule has 136 valence electrons. The first-order valence-electron chi connectivity index (χ1n) is 9.92. The number of aliphatic hydroxyl groups excluding tert-OH is 3. The molecule has 3 heterocycles. The summed E-state index contributed by atoms with van der Waals surface area (Å²) in [6.45, 7) is -6.52. The largest absolute Gasteiger partial charge is 0.394 e. The van der Waals surface area contributed by atoms with Crippen LogP contribution in [0.3, 0.4) is 0 Å². The molecule has 2 aromatic heterocycles. The van der Waals surface area contributed by atoms with E-state index in [4.69, 9.17) is 11.6 Å². The maximum atomic E-state index is 10.2. The molecule has 0 amide bonds. The Morgan fingerprint density at radius 1 is 1.40 bits per heavy atom. The quantitative estimate of drug-likeness (QED) is 0.402. The standard InChI is InChI=1S/C15H21N5O5/c1-8(4-21)2-3-16-13-10-14(18-6-17-13)20(7-19-10)15-12(24)11(23)9(5-22)25-15/h2,6-7,9,11-12,15,21-24H,3-5H2,1H3,(H,16,17,18)/b8-2+/t9-,11-,12-,15-/m1/s1/i1D3,4D2. The number of ether oxygens (including phenoxy) is 1. The average Bonchev–Trinajstić information content (AvgIpc) is 3.19. The molecule has 2 aromatic rings. The van der Waals surface area contributed by atoms with Gasteiger partial charge in [0.2, 0.25) is 0 Å². The van der Waals surface area contributed by atoms with Gasteiger partial charge in [0.25, 0.3) is 0 Å². The number of hydrogen-bond donors (Lipinski definition) is 5. The minimum Gasteiger partial charge on any atom is -0.394 e. The maximum Gasteiger partial charge on any atom is 0.167 e. The normalized spacial score (nSPS) is 31.2. The van der Waals surface area contributed by atoms with Gasteiger partial charge in [-0.25, -0.2) is 15.0 Å². The fourth-order valence-electron chi connectivity index (χ4n) is 2.57. The summed E-state index contributed by atoms with van der Waals surface area (Å²) in [7, 11) is 0. The third-order valence-electron chi connectivity index (χ3n) is 3.85. The fourth-order valence-corrected chi connectivity index (χ4v) is 2.57. The van der Waals surface area contributed by atoms with Crippen molar-refractivity contribution >= 4 is 17.0 Å². The number of nitrogens with zero attached hydrogens (tertiary/aromatic N) is 4. The van der Waals surface area contributed by atoms with Crippen LogP contribution in [0.25, 0.3) is 11.2 Å². The lowest BCUT2D eigenvalue weighted by atomic mass is 10.1. The summed E-state index contributed by atoms with van der Waals surface area (Å²) >= 11 is 0. The van der Waals surface area contributed by atoms with Crippen molar-refractivity contribution in [2.45, 2.75) is 31.4 Å². The Morgan fingerprint density at radius 2 is 2.24 bits per heavy atom.